The second kappa shape index (κ2) is 12.7. The van der Waals surface area contributed by atoms with E-state index in [1.165, 1.54) is 0 Å². The summed E-state index contributed by atoms with van der Waals surface area (Å²) in [6.07, 6.45) is -1.15. The van der Waals surface area contributed by atoms with E-state index < -0.39 is 18.1 Å². The summed E-state index contributed by atoms with van der Waals surface area (Å²) in [6, 6.07) is 36.8. The van der Waals surface area contributed by atoms with Crippen molar-refractivity contribution in [2.45, 2.75) is 38.3 Å². The van der Waals surface area contributed by atoms with Gasteiger partial charge in [-0.2, -0.15) is 0 Å². The van der Waals surface area contributed by atoms with Crippen LogP contribution in [0.3, 0.4) is 0 Å². The van der Waals surface area contributed by atoms with E-state index in [0.717, 1.165) is 28.0 Å². The second-order valence-electron chi connectivity index (χ2n) is 8.85. The van der Waals surface area contributed by atoms with Gasteiger partial charge in [0, 0.05) is 13.1 Å². The Kier molecular flexibility index (Phi) is 8.87. The van der Waals surface area contributed by atoms with Crippen molar-refractivity contribution in [3.05, 3.63) is 138 Å². The van der Waals surface area contributed by atoms with Crippen LogP contribution in [0.1, 0.15) is 22.3 Å². The van der Waals surface area contributed by atoms with Crippen molar-refractivity contribution < 1.29 is 19.7 Å². The van der Waals surface area contributed by atoms with Gasteiger partial charge in [-0.1, -0.05) is 103 Å². The molecule has 0 bridgehead atoms. The van der Waals surface area contributed by atoms with Crippen LogP contribution < -0.4 is 4.74 Å². The molecule has 0 saturated heterocycles. The van der Waals surface area contributed by atoms with Crippen LogP contribution in [0.25, 0.3) is 0 Å². The third-order valence-corrected chi connectivity index (χ3v) is 6.16. The minimum Gasteiger partial charge on any atom is -0.489 e. The van der Waals surface area contributed by atoms with Gasteiger partial charge >= 0.3 is 5.97 Å². The Balaban J connectivity index is 1.53. The van der Waals surface area contributed by atoms with E-state index in [-0.39, 0.29) is 0 Å². The number of hydrogen-bond acceptors (Lipinski definition) is 4. The highest BCUT2D eigenvalue weighted by molar-refractivity contribution is 5.73. The zero-order valence-electron chi connectivity index (χ0n) is 20.1. The maximum absolute atomic E-state index is 11.9. The first-order chi connectivity index (χ1) is 17.6. The van der Waals surface area contributed by atoms with E-state index in [2.05, 4.69) is 0 Å². The van der Waals surface area contributed by atoms with E-state index >= 15 is 0 Å². The van der Waals surface area contributed by atoms with Crippen molar-refractivity contribution in [3.63, 3.8) is 0 Å². The van der Waals surface area contributed by atoms with Gasteiger partial charge in [-0.25, -0.2) is 4.79 Å². The minimum atomic E-state index is -1.54. The normalized spacial score (nSPS) is 12.7. The Hall–Kier alpha value is -3.93. The Bertz CT molecular complexity index is 1160. The smallest absolute Gasteiger partial charge is 0.334 e. The molecule has 0 spiro atoms. The number of hydrogen-bond donors (Lipinski definition) is 2. The average Bonchev–Trinajstić information content (AvgIpc) is 2.92. The first-order valence-electron chi connectivity index (χ1n) is 12.1. The van der Waals surface area contributed by atoms with E-state index in [0.29, 0.717) is 26.1 Å². The number of nitrogens with zero attached hydrogens (tertiary/aromatic N) is 1. The summed E-state index contributed by atoms with van der Waals surface area (Å²) >= 11 is 0. The minimum absolute atomic E-state index is 0.381. The summed E-state index contributed by atoms with van der Waals surface area (Å²) in [4.78, 5) is 14.0. The molecule has 4 rings (SSSR count). The van der Waals surface area contributed by atoms with Gasteiger partial charge < -0.3 is 14.9 Å². The summed E-state index contributed by atoms with van der Waals surface area (Å²) in [7, 11) is 0. The van der Waals surface area contributed by atoms with Gasteiger partial charge in [0.1, 0.15) is 12.4 Å². The number of rotatable bonds is 12. The molecule has 0 aromatic heterocycles. The van der Waals surface area contributed by atoms with Crippen LogP contribution in [0.2, 0.25) is 0 Å². The standard InChI is InChI=1S/C31H31NO4/c33-30(31(34)35)29(20-24-16-18-28(19-17-24)36-23-27-14-8-3-9-15-27)32(21-25-10-4-1-5-11-25)22-26-12-6-2-7-13-26/h1-19,29-30,33H,20-23H2,(H,34,35)/t29-,30-/m0/s1. The fourth-order valence-corrected chi connectivity index (χ4v) is 4.24. The lowest BCUT2D eigenvalue weighted by molar-refractivity contribution is -0.151. The molecule has 36 heavy (non-hydrogen) atoms. The van der Waals surface area contributed by atoms with Crippen molar-refractivity contribution in [2.24, 2.45) is 0 Å². The van der Waals surface area contributed by atoms with E-state index in [1.807, 2.05) is 120 Å². The highest BCUT2D eigenvalue weighted by Gasteiger charge is 2.31. The molecule has 0 fully saturated rings. The van der Waals surface area contributed by atoms with Gasteiger partial charge in [-0.15, -0.1) is 0 Å². The molecular weight excluding hydrogens is 450 g/mol. The van der Waals surface area contributed by atoms with Crippen molar-refractivity contribution in [1.29, 1.82) is 0 Å². The number of aliphatic carboxylic acids is 1. The lowest BCUT2D eigenvalue weighted by atomic mass is 9.98. The molecule has 4 aromatic carbocycles. The van der Waals surface area contributed by atoms with E-state index in [1.54, 1.807) is 0 Å². The first kappa shape index (κ1) is 25.2. The molecule has 0 saturated carbocycles. The van der Waals surface area contributed by atoms with Crippen molar-refractivity contribution in [3.8, 4) is 5.75 Å². The van der Waals surface area contributed by atoms with Gasteiger partial charge in [0.15, 0.2) is 6.10 Å². The first-order valence-corrected chi connectivity index (χ1v) is 12.1. The van der Waals surface area contributed by atoms with Gasteiger partial charge in [0.05, 0.1) is 6.04 Å². The second-order valence-corrected chi connectivity index (χ2v) is 8.85. The van der Waals surface area contributed by atoms with Crippen molar-refractivity contribution in [1.82, 2.24) is 4.90 Å². The molecule has 0 radical (unpaired) electrons. The Morgan fingerprint density at radius 3 is 1.61 bits per heavy atom. The fourth-order valence-electron chi connectivity index (χ4n) is 4.24. The van der Waals surface area contributed by atoms with Gasteiger partial charge in [-0.3, -0.25) is 4.90 Å². The van der Waals surface area contributed by atoms with Crippen molar-refractivity contribution in [2.75, 3.05) is 0 Å². The van der Waals surface area contributed by atoms with Gasteiger partial charge in [0.2, 0.25) is 0 Å². The van der Waals surface area contributed by atoms with Crippen LogP contribution in [0.4, 0.5) is 0 Å². The third kappa shape index (κ3) is 7.28. The molecule has 5 nitrogen and oxygen atoms in total. The summed E-state index contributed by atoms with van der Waals surface area (Å²) in [5, 5.41) is 20.5. The SMILES string of the molecule is O=C(O)[C@@H](O)[C@H](Cc1ccc(OCc2ccccc2)cc1)N(Cc1ccccc1)Cc1ccccc1. The predicted octanol–water partition coefficient (Wildman–Crippen LogP) is 5.32. The maximum Gasteiger partial charge on any atom is 0.334 e. The number of aliphatic hydroxyl groups is 1. The third-order valence-electron chi connectivity index (χ3n) is 6.16. The molecule has 5 heteroatoms. The summed E-state index contributed by atoms with van der Waals surface area (Å²) in [6.45, 7) is 1.51. The molecule has 184 valence electrons. The average molecular weight is 482 g/mol. The van der Waals surface area contributed by atoms with Crippen LogP contribution in [0.5, 0.6) is 5.75 Å². The van der Waals surface area contributed by atoms with Crippen LogP contribution in [0, 0.1) is 0 Å². The van der Waals surface area contributed by atoms with Crippen molar-refractivity contribution >= 4 is 5.97 Å². The molecule has 0 aliphatic rings. The highest BCUT2D eigenvalue weighted by atomic mass is 16.5. The molecule has 0 heterocycles. The molecule has 0 aliphatic heterocycles. The summed E-state index contributed by atoms with van der Waals surface area (Å²) in [5.41, 5.74) is 4.13. The lowest BCUT2D eigenvalue weighted by Crippen LogP contribution is -2.47. The Labute approximate surface area is 212 Å². The molecule has 0 aliphatic carbocycles. The molecule has 4 aromatic rings. The molecular formula is C31H31NO4. The maximum atomic E-state index is 11.9. The van der Waals surface area contributed by atoms with Crippen LogP contribution in [0.15, 0.2) is 115 Å². The quantitative estimate of drug-likeness (QED) is 0.286. The topological polar surface area (TPSA) is 70.0 Å². The predicted molar refractivity (Wildman–Crippen MR) is 140 cm³/mol. The molecule has 2 atom stereocenters. The lowest BCUT2D eigenvalue weighted by Gasteiger charge is -2.34. The van der Waals surface area contributed by atoms with Crippen LogP contribution in [-0.4, -0.2) is 33.2 Å². The van der Waals surface area contributed by atoms with Crippen LogP contribution in [-0.2, 0) is 30.9 Å². The summed E-state index contributed by atoms with van der Waals surface area (Å²) in [5.74, 6) is -0.489. The zero-order chi connectivity index (χ0) is 25.2. The number of carboxylic acid groups (broad SMARTS) is 1. The van der Waals surface area contributed by atoms with Gasteiger partial charge in [-0.05, 0) is 40.8 Å². The monoisotopic (exact) mass is 481 g/mol. The number of carbonyl (C=O) groups is 1. The molecule has 2 N–H and O–H groups in total. The largest absolute Gasteiger partial charge is 0.489 e. The fraction of sp³-hybridized carbons (Fsp3) is 0.194. The highest BCUT2D eigenvalue weighted by Crippen LogP contribution is 2.22. The Morgan fingerprint density at radius 1 is 0.667 bits per heavy atom. The number of ether oxygens (including phenoxy) is 1. The number of carboxylic acids is 1. The van der Waals surface area contributed by atoms with Crippen LogP contribution >= 0.6 is 0 Å². The van der Waals surface area contributed by atoms with E-state index in [9.17, 15) is 15.0 Å². The molecule has 0 amide bonds. The van der Waals surface area contributed by atoms with E-state index in [4.69, 9.17) is 4.74 Å². The number of aliphatic hydroxyl groups excluding tert-OH is 1. The molecule has 0 unspecified atom stereocenters. The zero-order valence-corrected chi connectivity index (χ0v) is 20.1. The Morgan fingerprint density at radius 2 is 1.14 bits per heavy atom. The summed E-state index contributed by atoms with van der Waals surface area (Å²) < 4.78 is 5.89. The van der Waals surface area contributed by atoms with Gasteiger partial charge in [0.25, 0.3) is 0 Å². The number of benzene rings is 4.